The summed E-state index contributed by atoms with van der Waals surface area (Å²) >= 11 is 1.65. The summed E-state index contributed by atoms with van der Waals surface area (Å²) in [5.74, 6) is 0. The van der Waals surface area contributed by atoms with Crippen LogP contribution in [-0.4, -0.2) is 39.1 Å². The van der Waals surface area contributed by atoms with Crippen molar-refractivity contribution in [1.82, 2.24) is 14.3 Å². The highest BCUT2D eigenvalue weighted by atomic mass is 32.1. The Morgan fingerprint density at radius 1 is 1.56 bits per heavy atom. The third kappa shape index (κ3) is 2.11. The van der Waals surface area contributed by atoms with Crippen LogP contribution < -0.4 is 0 Å². The number of likely N-dealkylation sites (N-methyl/N-ethyl adjacent to an activating group) is 1. The molecule has 0 spiro atoms. The van der Waals surface area contributed by atoms with E-state index in [4.69, 9.17) is 5.11 Å². The van der Waals surface area contributed by atoms with E-state index in [-0.39, 0.29) is 6.61 Å². The molecule has 2 aromatic rings. The van der Waals surface area contributed by atoms with E-state index in [2.05, 4.69) is 27.4 Å². The molecule has 0 saturated heterocycles. The molecule has 0 bridgehead atoms. The van der Waals surface area contributed by atoms with Gasteiger partial charge in [0.25, 0.3) is 0 Å². The van der Waals surface area contributed by atoms with Crippen molar-refractivity contribution in [1.29, 1.82) is 0 Å². The molecule has 88 valence electrons. The molecular formula is C11H17N3OS. The lowest BCUT2D eigenvalue weighted by Crippen LogP contribution is -2.27. The SMILES string of the molecule is CCN(CCO)Cc1c(C)nc2sccn12. The second kappa shape index (κ2) is 4.95. The molecule has 0 radical (unpaired) electrons. The van der Waals surface area contributed by atoms with Crippen molar-refractivity contribution >= 4 is 16.3 Å². The quantitative estimate of drug-likeness (QED) is 0.860. The largest absolute Gasteiger partial charge is 0.395 e. The minimum atomic E-state index is 0.207. The molecule has 2 aromatic heterocycles. The van der Waals surface area contributed by atoms with Crippen molar-refractivity contribution in [2.24, 2.45) is 0 Å². The average molecular weight is 239 g/mol. The lowest BCUT2D eigenvalue weighted by Gasteiger charge is -2.18. The van der Waals surface area contributed by atoms with Crippen molar-refractivity contribution in [3.05, 3.63) is 23.0 Å². The van der Waals surface area contributed by atoms with Gasteiger partial charge in [-0.15, -0.1) is 11.3 Å². The number of aromatic nitrogens is 2. The first-order chi connectivity index (χ1) is 7.76. The van der Waals surface area contributed by atoms with Crippen LogP contribution in [0.5, 0.6) is 0 Å². The van der Waals surface area contributed by atoms with Gasteiger partial charge in [-0.1, -0.05) is 6.92 Å². The first-order valence-corrected chi connectivity index (χ1v) is 6.38. The molecule has 5 heteroatoms. The molecule has 4 nitrogen and oxygen atoms in total. The summed E-state index contributed by atoms with van der Waals surface area (Å²) in [5, 5.41) is 11.0. The van der Waals surface area contributed by atoms with E-state index in [9.17, 15) is 0 Å². The molecule has 2 rings (SSSR count). The lowest BCUT2D eigenvalue weighted by atomic mass is 10.3. The maximum Gasteiger partial charge on any atom is 0.194 e. The Morgan fingerprint density at radius 2 is 2.38 bits per heavy atom. The first-order valence-electron chi connectivity index (χ1n) is 5.50. The summed E-state index contributed by atoms with van der Waals surface area (Å²) in [6.07, 6.45) is 2.06. The van der Waals surface area contributed by atoms with Gasteiger partial charge in [0.1, 0.15) is 0 Å². The molecule has 0 fully saturated rings. The monoisotopic (exact) mass is 239 g/mol. The van der Waals surface area contributed by atoms with Crippen LogP contribution in [0.1, 0.15) is 18.3 Å². The van der Waals surface area contributed by atoms with Crippen LogP contribution in [0.25, 0.3) is 4.96 Å². The number of nitrogens with zero attached hydrogens (tertiary/aromatic N) is 3. The smallest absolute Gasteiger partial charge is 0.194 e. The predicted molar refractivity (Wildman–Crippen MR) is 65.8 cm³/mol. The zero-order valence-corrected chi connectivity index (χ0v) is 10.5. The van der Waals surface area contributed by atoms with E-state index >= 15 is 0 Å². The van der Waals surface area contributed by atoms with E-state index < -0.39 is 0 Å². The zero-order chi connectivity index (χ0) is 11.5. The molecule has 0 atom stereocenters. The van der Waals surface area contributed by atoms with Gasteiger partial charge in [-0.2, -0.15) is 0 Å². The van der Waals surface area contributed by atoms with Gasteiger partial charge in [0.2, 0.25) is 0 Å². The number of aliphatic hydroxyl groups is 1. The van der Waals surface area contributed by atoms with Gasteiger partial charge in [-0.3, -0.25) is 9.30 Å². The lowest BCUT2D eigenvalue weighted by molar-refractivity contribution is 0.195. The van der Waals surface area contributed by atoms with E-state index in [1.807, 2.05) is 12.3 Å². The third-order valence-electron chi connectivity index (χ3n) is 2.80. The Morgan fingerprint density at radius 3 is 3.06 bits per heavy atom. The first kappa shape index (κ1) is 11.6. The molecule has 0 aromatic carbocycles. The van der Waals surface area contributed by atoms with E-state index in [1.54, 1.807) is 11.3 Å². The molecule has 1 N–H and O–H groups in total. The summed E-state index contributed by atoms with van der Waals surface area (Å²) in [6.45, 7) is 6.86. The van der Waals surface area contributed by atoms with E-state index in [1.165, 1.54) is 5.69 Å². The Labute approximate surface area is 99.2 Å². The number of aliphatic hydroxyl groups excluding tert-OH is 1. The fourth-order valence-electron chi connectivity index (χ4n) is 1.83. The fourth-order valence-corrected chi connectivity index (χ4v) is 2.61. The molecular weight excluding hydrogens is 222 g/mol. The molecule has 0 aliphatic rings. The number of hydrogen-bond acceptors (Lipinski definition) is 4. The highest BCUT2D eigenvalue weighted by Gasteiger charge is 2.12. The standard InChI is InChI=1S/C11H17N3OS/c1-3-13(4-6-15)8-10-9(2)12-11-14(10)5-7-16-11/h5,7,15H,3-4,6,8H2,1-2H3. The third-order valence-corrected chi connectivity index (χ3v) is 3.55. The molecule has 16 heavy (non-hydrogen) atoms. The van der Waals surface area contributed by atoms with Crippen LogP contribution in [0.2, 0.25) is 0 Å². The van der Waals surface area contributed by atoms with Gasteiger partial charge in [0.05, 0.1) is 18.0 Å². The summed E-state index contributed by atoms with van der Waals surface area (Å²) in [5.41, 5.74) is 2.31. The maximum atomic E-state index is 8.98. The van der Waals surface area contributed by atoms with Gasteiger partial charge in [0.15, 0.2) is 4.96 Å². The van der Waals surface area contributed by atoms with Crippen molar-refractivity contribution in [2.75, 3.05) is 19.7 Å². The van der Waals surface area contributed by atoms with Crippen molar-refractivity contribution in [3.63, 3.8) is 0 Å². The molecule has 0 aliphatic carbocycles. The summed E-state index contributed by atoms with van der Waals surface area (Å²) in [4.78, 5) is 7.78. The Bertz CT molecular complexity index is 463. The Hall–Kier alpha value is -0.910. The minimum absolute atomic E-state index is 0.207. The molecule has 2 heterocycles. The average Bonchev–Trinajstić information content (AvgIpc) is 2.81. The normalized spacial score (nSPS) is 11.8. The second-order valence-corrected chi connectivity index (χ2v) is 4.66. The number of thiazole rings is 1. The van der Waals surface area contributed by atoms with Crippen molar-refractivity contribution in [3.8, 4) is 0 Å². The summed E-state index contributed by atoms with van der Waals surface area (Å²) < 4.78 is 2.14. The molecule has 0 unspecified atom stereocenters. The highest BCUT2D eigenvalue weighted by Crippen LogP contribution is 2.18. The van der Waals surface area contributed by atoms with Gasteiger partial charge >= 0.3 is 0 Å². The number of imidazole rings is 1. The maximum absolute atomic E-state index is 8.98. The Kier molecular flexibility index (Phi) is 3.58. The van der Waals surface area contributed by atoms with Crippen LogP contribution in [0, 0.1) is 6.92 Å². The number of aryl methyl sites for hydroxylation is 1. The topological polar surface area (TPSA) is 40.8 Å². The molecule has 0 saturated carbocycles. The van der Waals surface area contributed by atoms with Gasteiger partial charge in [0, 0.05) is 24.7 Å². The fraction of sp³-hybridized carbons (Fsp3) is 0.545. The highest BCUT2D eigenvalue weighted by molar-refractivity contribution is 7.15. The van der Waals surface area contributed by atoms with Crippen LogP contribution in [0.4, 0.5) is 0 Å². The number of fused-ring (bicyclic) bond motifs is 1. The van der Waals surface area contributed by atoms with E-state index in [0.29, 0.717) is 6.54 Å². The van der Waals surface area contributed by atoms with Crippen LogP contribution >= 0.6 is 11.3 Å². The minimum Gasteiger partial charge on any atom is -0.395 e. The van der Waals surface area contributed by atoms with E-state index in [0.717, 1.165) is 23.7 Å². The predicted octanol–water partition coefficient (Wildman–Crippen LogP) is 1.52. The summed E-state index contributed by atoms with van der Waals surface area (Å²) in [6, 6.07) is 0. The Balaban J connectivity index is 2.24. The van der Waals surface area contributed by atoms with Gasteiger partial charge in [-0.25, -0.2) is 4.98 Å². The van der Waals surface area contributed by atoms with Crippen LogP contribution in [0.15, 0.2) is 11.6 Å². The van der Waals surface area contributed by atoms with Gasteiger partial charge in [-0.05, 0) is 13.5 Å². The van der Waals surface area contributed by atoms with Crippen molar-refractivity contribution < 1.29 is 5.11 Å². The van der Waals surface area contributed by atoms with Crippen LogP contribution in [0.3, 0.4) is 0 Å². The molecule has 0 amide bonds. The number of rotatable bonds is 5. The molecule has 0 aliphatic heterocycles. The van der Waals surface area contributed by atoms with Crippen molar-refractivity contribution in [2.45, 2.75) is 20.4 Å². The second-order valence-electron chi connectivity index (χ2n) is 3.79. The summed E-state index contributed by atoms with van der Waals surface area (Å²) in [7, 11) is 0. The van der Waals surface area contributed by atoms with Crippen LogP contribution in [-0.2, 0) is 6.54 Å². The number of hydrogen-bond donors (Lipinski definition) is 1. The van der Waals surface area contributed by atoms with Gasteiger partial charge < -0.3 is 5.11 Å². The zero-order valence-electron chi connectivity index (χ0n) is 9.68.